The molecule has 0 aliphatic carbocycles. The molecular weight excluding hydrogens is 222 g/mol. The van der Waals surface area contributed by atoms with Gasteiger partial charge in [-0.1, -0.05) is 26.8 Å². The zero-order chi connectivity index (χ0) is 13.3. The molecule has 0 aromatic heterocycles. The van der Waals surface area contributed by atoms with Gasteiger partial charge in [-0.15, -0.1) is 0 Å². The Labute approximate surface area is 102 Å². The van der Waals surface area contributed by atoms with Gasteiger partial charge in [0.05, 0.1) is 0 Å². The van der Waals surface area contributed by atoms with Crippen LogP contribution in [-0.2, 0) is 14.3 Å². The van der Waals surface area contributed by atoms with Gasteiger partial charge in [0.15, 0.2) is 6.10 Å². The largest absolute Gasteiger partial charge is 0.456 e. The standard InChI is InChI=1S/C12H21NO4/c1-4-7-9(17-10(14)6-3)11(15)12(16)13-8-5-2/h6,9,11,15H,3-5,7-8H2,1-2H3,(H,13,16)/t9-,11?/m0/s1. The van der Waals surface area contributed by atoms with E-state index in [1.54, 1.807) is 0 Å². The molecule has 0 aromatic carbocycles. The number of hydrogen-bond donors (Lipinski definition) is 2. The molecule has 17 heavy (non-hydrogen) atoms. The van der Waals surface area contributed by atoms with Crippen LogP contribution < -0.4 is 5.32 Å². The van der Waals surface area contributed by atoms with Gasteiger partial charge < -0.3 is 15.2 Å². The van der Waals surface area contributed by atoms with Crippen molar-refractivity contribution < 1.29 is 19.4 Å². The fourth-order valence-electron chi connectivity index (χ4n) is 1.28. The van der Waals surface area contributed by atoms with Gasteiger partial charge in [-0.05, 0) is 12.8 Å². The fourth-order valence-corrected chi connectivity index (χ4v) is 1.28. The van der Waals surface area contributed by atoms with Crippen LogP contribution in [0.3, 0.4) is 0 Å². The van der Waals surface area contributed by atoms with Crippen molar-refractivity contribution in [1.29, 1.82) is 0 Å². The summed E-state index contributed by atoms with van der Waals surface area (Å²) < 4.78 is 4.94. The first kappa shape index (κ1) is 15.6. The maximum absolute atomic E-state index is 11.5. The smallest absolute Gasteiger partial charge is 0.330 e. The lowest BCUT2D eigenvalue weighted by Gasteiger charge is -2.21. The molecule has 0 aliphatic rings. The van der Waals surface area contributed by atoms with Crippen molar-refractivity contribution in [2.75, 3.05) is 6.54 Å². The summed E-state index contributed by atoms with van der Waals surface area (Å²) in [4.78, 5) is 22.6. The molecule has 0 aliphatic heterocycles. The molecule has 0 heterocycles. The van der Waals surface area contributed by atoms with Crippen LogP contribution >= 0.6 is 0 Å². The number of aliphatic hydroxyl groups excluding tert-OH is 1. The Balaban J connectivity index is 4.40. The van der Waals surface area contributed by atoms with E-state index in [4.69, 9.17) is 4.74 Å². The minimum absolute atomic E-state index is 0.431. The fraction of sp³-hybridized carbons (Fsp3) is 0.667. The molecule has 0 aromatic rings. The predicted octanol–water partition coefficient (Wildman–Crippen LogP) is 0.771. The average molecular weight is 243 g/mol. The average Bonchev–Trinajstić information content (AvgIpc) is 2.34. The maximum Gasteiger partial charge on any atom is 0.330 e. The van der Waals surface area contributed by atoms with Crippen molar-refractivity contribution in [2.24, 2.45) is 0 Å². The Bertz CT molecular complexity index is 265. The minimum atomic E-state index is -1.33. The van der Waals surface area contributed by atoms with Crippen molar-refractivity contribution >= 4 is 11.9 Å². The summed E-state index contributed by atoms with van der Waals surface area (Å²) >= 11 is 0. The second-order valence-corrected chi connectivity index (χ2v) is 3.70. The summed E-state index contributed by atoms with van der Waals surface area (Å²) in [7, 11) is 0. The molecule has 5 nitrogen and oxygen atoms in total. The topological polar surface area (TPSA) is 75.6 Å². The number of hydrogen-bond acceptors (Lipinski definition) is 4. The van der Waals surface area contributed by atoms with Gasteiger partial charge in [0.25, 0.3) is 5.91 Å². The van der Waals surface area contributed by atoms with Crippen LogP contribution in [-0.4, -0.2) is 35.7 Å². The number of ether oxygens (including phenoxy) is 1. The molecule has 5 heteroatoms. The van der Waals surface area contributed by atoms with E-state index < -0.39 is 24.1 Å². The van der Waals surface area contributed by atoms with Crippen LogP contribution in [0, 0.1) is 0 Å². The number of rotatable bonds is 8. The first-order valence-corrected chi connectivity index (χ1v) is 5.85. The second kappa shape index (κ2) is 8.75. The summed E-state index contributed by atoms with van der Waals surface area (Å²) in [5.74, 6) is -1.15. The molecule has 0 saturated heterocycles. The molecule has 0 bridgehead atoms. The quantitative estimate of drug-likeness (QED) is 0.488. The molecule has 0 rings (SSSR count). The van der Waals surface area contributed by atoms with Gasteiger partial charge in [0.1, 0.15) is 6.10 Å². The van der Waals surface area contributed by atoms with Gasteiger partial charge in [-0.25, -0.2) is 4.79 Å². The third-order valence-electron chi connectivity index (χ3n) is 2.18. The van der Waals surface area contributed by atoms with Crippen molar-refractivity contribution in [3.63, 3.8) is 0 Å². The predicted molar refractivity (Wildman–Crippen MR) is 64.3 cm³/mol. The van der Waals surface area contributed by atoms with Gasteiger partial charge in [-0.2, -0.15) is 0 Å². The van der Waals surface area contributed by atoms with E-state index in [0.29, 0.717) is 19.4 Å². The zero-order valence-corrected chi connectivity index (χ0v) is 10.4. The minimum Gasteiger partial charge on any atom is -0.456 e. The molecule has 0 fully saturated rings. The van der Waals surface area contributed by atoms with Gasteiger partial charge in [0, 0.05) is 12.6 Å². The first-order valence-electron chi connectivity index (χ1n) is 5.85. The lowest BCUT2D eigenvalue weighted by atomic mass is 10.1. The van der Waals surface area contributed by atoms with Crippen LogP contribution in [0.25, 0.3) is 0 Å². The molecule has 0 radical (unpaired) electrons. The molecule has 2 atom stereocenters. The Hall–Kier alpha value is -1.36. The van der Waals surface area contributed by atoms with E-state index >= 15 is 0 Å². The van der Waals surface area contributed by atoms with E-state index in [1.807, 2.05) is 13.8 Å². The highest BCUT2D eigenvalue weighted by Gasteiger charge is 2.27. The number of aliphatic hydroxyl groups is 1. The summed E-state index contributed by atoms with van der Waals surface area (Å²) in [5, 5.41) is 12.3. The number of carbonyl (C=O) groups is 2. The molecule has 1 unspecified atom stereocenters. The highest BCUT2D eigenvalue weighted by atomic mass is 16.6. The molecule has 0 spiro atoms. The Morgan fingerprint density at radius 3 is 2.53 bits per heavy atom. The Morgan fingerprint density at radius 1 is 1.41 bits per heavy atom. The molecule has 1 amide bonds. The van der Waals surface area contributed by atoms with Crippen molar-refractivity contribution in [2.45, 2.75) is 45.3 Å². The maximum atomic E-state index is 11.5. The van der Waals surface area contributed by atoms with Gasteiger partial charge >= 0.3 is 5.97 Å². The Kier molecular flexibility index (Phi) is 8.05. The number of amides is 1. The van der Waals surface area contributed by atoms with Crippen LogP contribution in [0.1, 0.15) is 33.1 Å². The molecule has 2 N–H and O–H groups in total. The van der Waals surface area contributed by atoms with Crippen LogP contribution in [0.15, 0.2) is 12.7 Å². The lowest BCUT2D eigenvalue weighted by molar-refractivity contribution is -0.154. The van der Waals surface area contributed by atoms with E-state index in [2.05, 4.69) is 11.9 Å². The number of esters is 1. The monoisotopic (exact) mass is 243 g/mol. The third kappa shape index (κ3) is 6.06. The Morgan fingerprint density at radius 2 is 2.06 bits per heavy atom. The van der Waals surface area contributed by atoms with Crippen LogP contribution in [0.5, 0.6) is 0 Å². The lowest BCUT2D eigenvalue weighted by Crippen LogP contribution is -2.44. The first-order chi connectivity index (χ1) is 8.06. The van der Waals surface area contributed by atoms with E-state index in [1.165, 1.54) is 0 Å². The summed E-state index contributed by atoms with van der Waals surface area (Å²) in [6.45, 7) is 7.55. The summed E-state index contributed by atoms with van der Waals surface area (Å²) in [6, 6.07) is 0. The number of nitrogens with one attached hydrogen (secondary N) is 1. The van der Waals surface area contributed by atoms with Gasteiger partial charge in [0.2, 0.25) is 0 Å². The highest BCUT2D eigenvalue weighted by molar-refractivity contribution is 5.84. The third-order valence-corrected chi connectivity index (χ3v) is 2.18. The zero-order valence-electron chi connectivity index (χ0n) is 10.4. The van der Waals surface area contributed by atoms with Crippen molar-refractivity contribution in [3.8, 4) is 0 Å². The second-order valence-electron chi connectivity index (χ2n) is 3.70. The SMILES string of the molecule is C=CC(=O)O[C@@H](CCC)C(O)C(=O)NCCC. The normalized spacial score (nSPS) is 13.6. The van der Waals surface area contributed by atoms with Crippen molar-refractivity contribution in [3.05, 3.63) is 12.7 Å². The summed E-state index contributed by atoms with van der Waals surface area (Å²) in [5.41, 5.74) is 0. The van der Waals surface area contributed by atoms with E-state index in [9.17, 15) is 14.7 Å². The van der Waals surface area contributed by atoms with Gasteiger partial charge in [-0.3, -0.25) is 4.79 Å². The highest BCUT2D eigenvalue weighted by Crippen LogP contribution is 2.08. The molecule has 0 saturated carbocycles. The van der Waals surface area contributed by atoms with E-state index in [0.717, 1.165) is 12.5 Å². The molecular formula is C12H21NO4. The molecule has 98 valence electrons. The summed E-state index contributed by atoms with van der Waals surface area (Å²) in [6.07, 6.45) is 0.781. The van der Waals surface area contributed by atoms with Crippen LogP contribution in [0.4, 0.5) is 0 Å². The van der Waals surface area contributed by atoms with Crippen LogP contribution in [0.2, 0.25) is 0 Å². The van der Waals surface area contributed by atoms with E-state index in [-0.39, 0.29) is 0 Å². The number of carbonyl (C=O) groups excluding carboxylic acids is 2. The van der Waals surface area contributed by atoms with Crippen molar-refractivity contribution in [1.82, 2.24) is 5.32 Å².